The smallest absolute Gasteiger partial charge is 0.220 e. The SMILES string of the molecule is COc1cc(C(C)=O)ccc1OCCCC(=O)NCCc1cc(F)cc(F)c1. The largest absolute Gasteiger partial charge is 0.493 e. The van der Waals surface area contributed by atoms with E-state index in [4.69, 9.17) is 9.47 Å². The van der Waals surface area contributed by atoms with Crippen LogP contribution in [0.4, 0.5) is 8.78 Å². The van der Waals surface area contributed by atoms with Crippen molar-refractivity contribution in [1.82, 2.24) is 5.32 Å². The molecule has 28 heavy (non-hydrogen) atoms. The van der Waals surface area contributed by atoms with E-state index in [1.54, 1.807) is 18.2 Å². The van der Waals surface area contributed by atoms with Crippen LogP contribution in [-0.2, 0) is 11.2 Å². The number of ether oxygens (including phenoxy) is 2. The number of ketones is 1. The molecule has 0 aliphatic heterocycles. The summed E-state index contributed by atoms with van der Waals surface area (Å²) in [5.41, 5.74) is 1.02. The van der Waals surface area contributed by atoms with Crippen molar-refractivity contribution < 1.29 is 27.8 Å². The van der Waals surface area contributed by atoms with Gasteiger partial charge in [0.25, 0.3) is 0 Å². The third kappa shape index (κ3) is 6.64. The number of amides is 1. The van der Waals surface area contributed by atoms with Crippen LogP contribution in [0.25, 0.3) is 0 Å². The van der Waals surface area contributed by atoms with Crippen LogP contribution >= 0.6 is 0 Å². The molecule has 0 radical (unpaired) electrons. The highest BCUT2D eigenvalue weighted by atomic mass is 19.1. The van der Waals surface area contributed by atoms with Gasteiger partial charge in [-0.15, -0.1) is 0 Å². The number of methoxy groups -OCH3 is 1. The number of rotatable bonds is 10. The lowest BCUT2D eigenvalue weighted by atomic mass is 10.1. The maximum absolute atomic E-state index is 13.1. The average molecular weight is 391 g/mol. The fourth-order valence-corrected chi connectivity index (χ4v) is 2.61. The molecule has 0 aliphatic rings. The summed E-state index contributed by atoms with van der Waals surface area (Å²) < 4.78 is 37.0. The number of hydrogen-bond acceptors (Lipinski definition) is 4. The standard InChI is InChI=1S/C21H23F2NO4/c1-14(25)16-5-6-19(20(12-16)27-2)28-9-3-4-21(26)24-8-7-15-10-17(22)13-18(23)11-15/h5-6,10-13H,3-4,7-9H2,1-2H3,(H,24,26). The number of carbonyl (C=O) groups excluding carboxylic acids is 2. The number of hydrogen-bond donors (Lipinski definition) is 1. The summed E-state index contributed by atoms with van der Waals surface area (Å²) in [6.07, 6.45) is 1.08. The predicted octanol–water partition coefficient (Wildman–Crippen LogP) is 3.69. The van der Waals surface area contributed by atoms with Gasteiger partial charge < -0.3 is 14.8 Å². The minimum atomic E-state index is -0.634. The summed E-state index contributed by atoms with van der Waals surface area (Å²) in [5.74, 6) is -0.544. The molecule has 0 unspecified atom stereocenters. The van der Waals surface area contributed by atoms with E-state index < -0.39 is 11.6 Å². The van der Waals surface area contributed by atoms with E-state index in [0.29, 0.717) is 48.6 Å². The molecule has 0 spiro atoms. The fraction of sp³-hybridized carbons (Fsp3) is 0.333. The first-order chi connectivity index (χ1) is 13.4. The Morgan fingerprint density at radius 3 is 2.39 bits per heavy atom. The Kier molecular flexibility index (Phi) is 7.92. The summed E-state index contributed by atoms with van der Waals surface area (Å²) in [6.45, 7) is 2.07. The first-order valence-electron chi connectivity index (χ1n) is 8.92. The zero-order valence-corrected chi connectivity index (χ0v) is 15.9. The third-order valence-corrected chi connectivity index (χ3v) is 4.03. The van der Waals surface area contributed by atoms with Gasteiger partial charge in [-0.3, -0.25) is 9.59 Å². The number of halogens is 2. The van der Waals surface area contributed by atoms with Crippen LogP contribution in [0, 0.1) is 11.6 Å². The van der Waals surface area contributed by atoms with Crippen molar-refractivity contribution in [2.45, 2.75) is 26.2 Å². The molecule has 0 fully saturated rings. The maximum Gasteiger partial charge on any atom is 0.220 e. The second-order valence-electron chi connectivity index (χ2n) is 6.25. The number of carbonyl (C=O) groups is 2. The summed E-state index contributed by atoms with van der Waals surface area (Å²) in [6, 6.07) is 8.22. The van der Waals surface area contributed by atoms with Gasteiger partial charge in [0.05, 0.1) is 13.7 Å². The molecule has 0 saturated carbocycles. The molecule has 5 nitrogen and oxygen atoms in total. The first-order valence-corrected chi connectivity index (χ1v) is 8.92. The van der Waals surface area contributed by atoms with Gasteiger partial charge >= 0.3 is 0 Å². The van der Waals surface area contributed by atoms with Gasteiger partial charge in [-0.25, -0.2) is 8.78 Å². The molecule has 1 N–H and O–H groups in total. The van der Waals surface area contributed by atoms with E-state index in [9.17, 15) is 18.4 Å². The zero-order chi connectivity index (χ0) is 20.5. The predicted molar refractivity (Wildman–Crippen MR) is 101 cm³/mol. The van der Waals surface area contributed by atoms with E-state index in [1.165, 1.54) is 26.2 Å². The zero-order valence-electron chi connectivity index (χ0n) is 15.9. The molecule has 0 aliphatic carbocycles. The Hall–Kier alpha value is -2.96. The summed E-state index contributed by atoms with van der Waals surface area (Å²) in [7, 11) is 1.49. The monoisotopic (exact) mass is 391 g/mol. The Morgan fingerprint density at radius 1 is 1.04 bits per heavy atom. The number of nitrogens with one attached hydrogen (secondary N) is 1. The summed E-state index contributed by atoms with van der Waals surface area (Å²) >= 11 is 0. The molecular formula is C21H23F2NO4. The van der Waals surface area contributed by atoms with Crippen LogP contribution in [0.3, 0.4) is 0 Å². The van der Waals surface area contributed by atoms with Gasteiger partial charge in [-0.2, -0.15) is 0 Å². The van der Waals surface area contributed by atoms with Crippen molar-refractivity contribution >= 4 is 11.7 Å². The van der Waals surface area contributed by atoms with Crippen LogP contribution in [0.1, 0.15) is 35.7 Å². The van der Waals surface area contributed by atoms with Crippen molar-refractivity contribution in [2.24, 2.45) is 0 Å². The van der Waals surface area contributed by atoms with Crippen molar-refractivity contribution in [3.05, 3.63) is 59.2 Å². The van der Waals surface area contributed by atoms with Gasteiger partial charge in [0, 0.05) is 24.6 Å². The average Bonchev–Trinajstić information content (AvgIpc) is 2.64. The minimum absolute atomic E-state index is 0.0671. The van der Waals surface area contributed by atoms with Crippen molar-refractivity contribution in [1.29, 1.82) is 0 Å². The maximum atomic E-state index is 13.1. The van der Waals surface area contributed by atoms with E-state index >= 15 is 0 Å². The van der Waals surface area contributed by atoms with Crippen LogP contribution in [-0.4, -0.2) is 32.0 Å². The Morgan fingerprint density at radius 2 is 1.75 bits per heavy atom. The number of benzene rings is 2. The van der Waals surface area contributed by atoms with Gasteiger partial charge in [-0.1, -0.05) is 0 Å². The van der Waals surface area contributed by atoms with Crippen molar-refractivity contribution in [3.8, 4) is 11.5 Å². The lowest BCUT2D eigenvalue weighted by Gasteiger charge is -2.11. The van der Waals surface area contributed by atoms with Gasteiger partial charge in [-0.05, 0) is 55.7 Å². The van der Waals surface area contributed by atoms with Gasteiger partial charge in [0.15, 0.2) is 17.3 Å². The van der Waals surface area contributed by atoms with Crippen molar-refractivity contribution in [3.63, 3.8) is 0 Å². The highest BCUT2D eigenvalue weighted by molar-refractivity contribution is 5.94. The Labute approximate surface area is 162 Å². The minimum Gasteiger partial charge on any atom is -0.493 e. The van der Waals surface area contributed by atoms with E-state index in [-0.39, 0.29) is 18.1 Å². The first kappa shape index (κ1) is 21.3. The van der Waals surface area contributed by atoms with Crippen LogP contribution in [0.2, 0.25) is 0 Å². The quantitative estimate of drug-likeness (QED) is 0.496. The second-order valence-corrected chi connectivity index (χ2v) is 6.25. The highest BCUT2D eigenvalue weighted by Crippen LogP contribution is 2.28. The molecular weight excluding hydrogens is 368 g/mol. The normalized spacial score (nSPS) is 10.4. The molecule has 2 aromatic carbocycles. The molecule has 0 bridgehead atoms. The molecule has 150 valence electrons. The van der Waals surface area contributed by atoms with Gasteiger partial charge in [0.2, 0.25) is 5.91 Å². The van der Waals surface area contributed by atoms with E-state index in [2.05, 4.69) is 5.32 Å². The lowest BCUT2D eigenvalue weighted by molar-refractivity contribution is -0.121. The molecule has 0 aromatic heterocycles. The summed E-state index contributed by atoms with van der Waals surface area (Å²) in [5, 5.41) is 2.71. The van der Waals surface area contributed by atoms with Gasteiger partial charge in [0.1, 0.15) is 11.6 Å². The van der Waals surface area contributed by atoms with Crippen LogP contribution in [0.15, 0.2) is 36.4 Å². The molecule has 2 aromatic rings. The molecule has 2 rings (SSSR count). The molecule has 0 heterocycles. The molecule has 0 atom stereocenters. The fourth-order valence-electron chi connectivity index (χ4n) is 2.61. The van der Waals surface area contributed by atoms with Crippen LogP contribution in [0.5, 0.6) is 11.5 Å². The van der Waals surface area contributed by atoms with E-state index in [0.717, 1.165) is 6.07 Å². The summed E-state index contributed by atoms with van der Waals surface area (Å²) in [4.78, 5) is 23.2. The Balaban J connectivity index is 1.70. The third-order valence-electron chi connectivity index (χ3n) is 4.03. The molecule has 7 heteroatoms. The highest BCUT2D eigenvalue weighted by Gasteiger charge is 2.09. The Bertz CT molecular complexity index is 819. The second kappa shape index (κ2) is 10.4. The number of Topliss-reactive ketones (excluding diaryl/α,β-unsaturated/α-hetero) is 1. The van der Waals surface area contributed by atoms with Crippen LogP contribution < -0.4 is 14.8 Å². The molecule has 0 saturated heterocycles. The van der Waals surface area contributed by atoms with Crippen molar-refractivity contribution in [2.75, 3.05) is 20.3 Å². The lowest BCUT2D eigenvalue weighted by Crippen LogP contribution is -2.25. The molecule has 1 amide bonds. The van der Waals surface area contributed by atoms with E-state index in [1.807, 2.05) is 0 Å². The topological polar surface area (TPSA) is 64.6 Å².